The second-order valence-electron chi connectivity index (χ2n) is 6.93. The van der Waals surface area contributed by atoms with E-state index >= 15 is 0 Å². The van der Waals surface area contributed by atoms with Gasteiger partial charge in [0.2, 0.25) is 5.91 Å². The van der Waals surface area contributed by atoms with E-state index in [-0.39, 0.29) is 12.3 Å². The van der Waals surface area contributed by atoms with Crippen LogP contribution in [-0.2, 0) is 9.59 Å². The molecule has 112 valence electrons. The van der Waals surface area contributed by atoms with Gasteiger partial charge in [-0.05, 0) is 50.9 Å². The number of aliphatic carboxylic acids is 1. The molecule has 1 aliphatic carbocycles. The molecule has 2 saturated heterocycles. The molecule has 3 aliphatic rings. The van der Waals surface area contributed by atoms with Crippen molar-refractivity contribution in [1.29, 1.82) is 0 Å². The topological polar surface area (TPSA) is 78.4 Å². The van der Waals surface area contributed by atoms with E-state index in [1.807, 2.05) is 0 Å². The van der Waals surface area contributed by atoms with E-state index in [0.29, 0.717) is 24.4 Å². The number of amides is 1. The average molecular weight is 280 g/mol. The van der Waals surface area contributed by atoms with Crippen molar-refractivity contribution in [2.24, 2.45) is 5.92 Å². The molecule has 0 aromatic carbocycles. The second kappa shape index (κ2) is 5.35. The van der Waals surface area contributed by atoms with Gasteiger partial charge in [0.15, 0.2) is 0 Å². The maximum absolute atomic E-state index is 12.2. The fourth-order valence-corrected chi connectivity index (χ4v) is 4.19. The molecule has 3 fully saturated rings. The van der Waals surface area contributed by atoms with Crippen molar-refractivity contribution in [3.05, 3.63) is 0 Å². The Morgan fingerprint density at radius 1 is 1.20 bits per heavy atom. The van der Waals surface area contributed by atoms with Crippen LogP contribution in [0.1, 0.15) is 57.8 Å². The number of piperidine rings is 1. The van der Waals surface area contributed by atoms with E-state index in [0.717, 1.165) is 32.1 Å². The van der Waals surface area contributed by atoms with Gasteiger partial charge < -0.3 is 15.7 Å². The molecule has 1 amide bonds. The predicted molar refractivity (Wildman–Crippen MR) is 74.3 cm³/mol. The third-order valence-corrected chi connectivity index (χ3v) is 5.25. The first-order chi connectivity index (χ1) is 9.55. The summed E-state index contributed by atoms with van der Waals surface area (Å²) in [6, 6.07) is 1.20. The highest BCUT2D eigenvalue weighted by molar-refractivity contribution is 5.78. The van der Waals surface area contributed by atoms with Gasteiger partial charge in [0, 0.05) is 18.5 Å². The Hall–Kier alpha value is -1.10. The molecule has 0 aromatic heterocycles. The number of hydrogen-bond donors (Lipinski definition) is 3. The number of nitrogens with one attached hydrogen (secondary N) is 2. The SMILES string of the molecule is O=C(O)CC1(NC(=O)CC2CC3CCC(C2)N3)CCC1. The Morgan fingerprint density at radius 3 is 2.35 bits per heavy atom. The highest BCUT2D eigenvalue weighted by Gasteiger charge is 2.41. The van der Waals surface area contributed by atoms with E-state index < -0.39 is 11.5 Å². The van der Waals surface area contributed by atoms with Crippen molar-refractivity contribution < 1.29 is 14.7 Å². The van der Waals surface area contributed by atoms with Crippen LogP contribution < -0.4 is 10.6 Å². The van der Waals surface area contributed by atoms with Gasteiger partial charge in [-0.25, -0.2) is 0 Å². The molecule has 3 N–H and O–H groups in total. The van der Waals surface area contributed by atoms with Crippen LogP contribution >= 0.6 is 0 Å². The summed E-state index contributed by atoms with van der Waals surface area (Å²) in [6.45, 7) is 0. The summed E-state index contributed by atoms with van der Waals surface area (Å²) in [6.07, 6.45) is 7.94. The van der Waals surface area contributed by atoms with E-state index in [9.17, 15) is 9.59 Å². The first-order valence-electron chi connectivity index (χ1n) is 7.83. The van der Waals surface area contributed by atoms with Crippen LogP contribution in [0.2, 0.25) is 0 Å². The van der Waals surface area contributed by atoms with Gasteiger partial charge in [-0.1, -0.05) is 0 Å². The Labute approximate surface area is 119 Å². The van der Waals surface area contributed by atoms with Crippen LogP contribution in [0.5, 0.6) is 0 Å². The minimum Gasteiger partial charge on any atom is -0.481 e. The van der Waals surface area contributed by atoms with Crippen molar-refractivity contribution >= 4 is 11.9 Å². The molecule has 5 nitrogen and oxygen atoms in total. The quantitative estimate of drug-likeness (QED) is 0.711. The largest absolute Gasteiger partial charge is 0.481 e. The van der Waals surface area contributed by atoms with Gasteiger partial charge >= 0.3 is 5.97 Å². The van der Waals surface area contributed by atoms with E-state index in [2.05, 4.69) is 10.6 Å². The Bertz CT molecular complexity index is 394. The molecule has 2 bridgehead atoms. The lowest BCUT2D eigenvalue weighted by atomic mass is 9.74. The lowest BCUT2D eigenvalue weighted by molar-refractivity contribution is -0.140. The minimum atomic E-state index is -0.815. The first kappa shape index (κ1) is 13.9. The number of hydrogen-bond acceptors (Lipinski definition) is 3. The molecule has 2 unspecified atom stereocenters. The van der Waals surface area contributed by atoms with Gasteiger partial charge in [-0.3, -0.25) is 9.59 Å². The van der Waals surface area contributed by atoms with Gasteiger partial charge in [-0.2, -0.15) is 0 Å². The maximum atomic E-state index is 12.2. The van der Waals surface area contributed by atoms with Crippen LogP contribution in [0.3, 0.4) is 0 Å². The first-order valence-corrected chi connectivity index (χ1v) is 7.83. The van der Waals surface area contributed by atoms with Crippen LogP contribution in [0, 0.1) is 5.92 Å². The molecule has 2 aliphatic heterocycles. The summed E-state index contributed by atoms with van der Waals surface area (Å²) >= 11 is 0. The third kappa shape index (κ3) is 2.97. The molecule has 2 heterocycles. The van der Waals surface area contributed by atoms with Crippen molar-refractivity contribution in [2.75, 3.05) is 0 Å². The molecule has 0 spiro atoms. The van der Waals surface area contributed by atoms with E-state index in [1.54, 1.807) is 0 Å². The Balaban J connectivity index is 1.50. The van der Waals surface area contributed by atoms with Crippen LogP contribution in [0.25, 0.3) is 0 Å². The average Bonchev–Trinajstić information content (AvgIpc) is 2.65. The molecular weight excluding hydrogens is 256 g/mol. The molecule has 5 heteroatoms. The Kier molecular flexibility index (Phi) is 3.71. The molecule has 0 radical (unpaired) electrons. The Morgan fingerprint density at radius 2 is 1.85 bits per heavy atom. The van der Waals surface area contributed by atoms with E-state index in [1.165, 1.54) is 12.8 Å². The zero-order valence-corrected chi connectivity index (χ0v) is 11.9. The lowest BCUT2D eigenvalue weighted by Crippen LogP contribution is -2.55. The van der Waals surface area contributed by atoms with Crippen molar-refractivity contribution in [3.63, 3.8) is 0 Å². The number of carboxylic acid groups (broad SMARTS) is 1. The molecule has 2 atom stereocenters. The predicted octanol–water partition coefficient (Wildman–Crippen LogP) is 1.42. The van der Waals surface area contributed by atoms with Crippen molar-refractivity contribution in [3.8, 4) is 0 Å². The van der Waals surface area contributed by atoms with Gasteiger partial charge in [0.1, 0.15) is 0 Å². The van der Waals surface area contributed by atoms with Gasteiger partial charge in [0.25, 0.3) is 0 Å². The zero-order chi connectivity index (χ0) is 14.2. The third-order valence-electron chi connectivity index (χ3n) is 5.25. The number of carbonyl (C=O) groups excluding carboxylic acids is 1. The number of fused-ring (bicyclic) bond motifs is 2. The van der Waals surface area contributed by atoms with Crippen LogP contribution in [0.15, 0.2) is 0 Å². The van der Waals surface area contributed by atoms with Crippen LogP contribution in [0.4, 0.5) is 0 Å². The smallest absolute Gasteiger partial charge is 0.305 e. The minimum absolute atomic E-state index is 0.0530. The summed E-state index contributed by atoms with van der Waals surface area (Å²) in [5.74, 6) is -0.294. The highest BCUT2D eigenvalue weighted by atomic mass is 16.4. The van der Waals surface area contributed by atoms with E-state index in [4.69, 9.17) is 5.11 Å². The zero-order valence-electron chi connectivity index (χ0n) is 11.9. The normalized spacial score (nSPS) is 34.3. The number of carbonyl (C=O) groups is 2. The molecule has 1 saturated carbocycles. The molecule has 3 rings (SSSR count). The summed E-state index contributed by atoms with van der Waals surface area (Å²) < 4.78 is 0. The lowest BCUT2D eigenvalue weighted by Gasteiger charge is -2.42. The molecular formula is C15H24N2O3. The van der Waals surface area contributed by atoms with Crippen molar-refractivity contribution in [1.82, 2.24) is 10.6 Å². The number of rotatable bonds is 5. The summed E-state index contributed by atoms with van der Waals surface area (Å²) in [7, 11) is 0. The second-order valence-corrected chi connectivity index (χ2v) is 6.93. The molecule has 0 aromatic rings. The summed E-state index contributed by atoms with van der Waals surface area (Å²) in [5.41, 5.74) is -0.450. The number of carboxylic acids is 1. The van der Waals surface area contributed by atoms with Crippen LogP contribution in [-0.4, -0.2) is 34.6 Å². The van der Waals surface area contributed by atoms with Crippen molar-refractivity contribution in [2.45, 2.75) is 75.4 Å². The monoisotopic (exact) mass is 280 g/mol. The highest BCUT2D eigenvalue weighted by Crippen LogP contribution is 2.36. The summed E-state index contributed by atoms with van der Waals surface area (Å²) in [4.78, 5) is 23.1. The maximum Gasteiger partial charge on any atom is 0.305 e. The standard InChI is InChI=1S/C15H24N2O3/c18-13(17-15(4-1-5-15)9-14(19)20)8-10-6-11-2-3-12(7-10)16-11/h10-12,16H,1-9H2,(H,17,18)(H,19,20). The summed E-state index contributed by atoms with van der Waals surface area (Å²) in [5, 5.41) is 15.6. The molecule has 20 heavy (non-hydrogen) atoms. The van der Waals surface area contributed by atoms with Gasteiger partial charge in [0.05, 0.1) is 12.0 Å². The fourth-order valence-electron chi connectivity index (χ4n) is 4.19. The van der Waals surface area contributed by atoms with Gasteiger partial charge in [-0.15, -0.1) is 0 Å². The fraction of sp³-hybridized carbons (Fsp3) is 0.867.